The number of nitrogens with one attached hydrogen (secondary N) is 1. The summed E-state index contributed by atoms with van der Waals surface area (Å²) in [6, 6.07) is 9.47. The van der Waals surface area contributed by atoms with Gasteiger partial charge < -0.3 is 10.2 Å². The highest BCUT2D eigenvalue weighted by Gasteiger charge is 2.14. The van der Waals surface area contributed by atoms with Gasteiger partial charge >= 0.3 is 0 Å². The van der Waals surface area contributed by atoms with Gasteiger partial charge in [0, 0.05) is 25.3 Å². The molecule has 0 amide bonds. The maximum atomic E-state index is 3.55. The molecule has 2 heteroatoms. The van der Waals surface area contributed by atoms with Crippen molar-refractivity contribution in [3.05, 3.63) is 29.8 Å². The van der Waals surface area contributed by atoms with Crippen molar-refractivity contribution >= 4 is 5.69 Å². The Morgan fingerprint density at radius 2 is 2.31 bits per heavy atom. The van der Waals surface area contributed by atoms with E-state index in [9.17, 15) is 0 Å². The topological polar surface area (TPSA) is 15.3 Å². The van der Waals surface area contributed by atoms with Crippen LogP contribution in [0.25, 0.3) is 0 Å². The molecule has 0 aliphatic carbocycles. The Balaban J connectivity index is 1.85. The summed E-state index contributed by atoms with van der Waals surface area (Å²) >= 11 is 0. The molecule has 88 valence electrons. The number of rotatable bonds is 4. The van der Waals surface area contributed by atoms with Crippen LogP contribution in [0, 0.1) is 6.92 Å². The minimum atomic E-state index is 0.743. The van der Waals surface area contributed by atoms with Crippen molar-refractivity contribution in [1.82, 2.24) is 5.32 Å². The van der Waals surface area contributed by atoms with Crippen LogP contribution in [-0.2, 0) is 0 Å². The summed E-state index contributed by atoms with van der Waals surface area (Å²) in [5, 5.41) is 3.55. The van der Waals surface area contributed by atoms with Gasteiger partial charge in [-0.25, -0.2) is 0 Å². The Morgan fingerprint density at radius 3 is 3.00 bits per heavy atom. The maximum Gasteiger partial charge on any atom is 0.0366 e. The van der Waals surface area contributed by atoms with E-state index in [1.807, 2.05) is 0 Å². The Morgan fingerprint density at radius 1 is 1.44 bits per heavy atom. The van der Waals surface area contributed by atoms with Gasteiger partial charge in [0.1, 0.15) is 0 Å². The van der Waals surface area contributed by atoms with E-state index < -0.39 is 0 Å². The molecule has 0 spiro atoms. The average molecular weight is 218 g/mol. The van der Waals surface area contributed by atoms with Gasteiger partial charge in [0.05, 0.1) is 0 Å². The number of hydrogen-bond acceptors (Lipinski definition) is 2. The maximum absolute atomic E-state index is 3.55. The van der Waals surface area contributed by atoms with Crippen LogP contribution in [0.2, 0.25) is 0 Å². The third kappa shape index (κ3) is 2.99. The van der Waals surface area contributed by atoms with Crippen LogP contribution in [0.15, 0.2) is 24.3 Å². The molecule has 2 nitrogen and oxygen atoms in total. The predicted octanol–water partition coefficient (Wildman–Crippen LogP) is 2.57. The summed E-state index contributed by atoms with van der Waals surface area (Å²) in [5.74, 6) is 0. The lowest BCUT2D eigenvalue weighted by atomic mass is 10.1. The van der Waals surface area contributed by atoms with Gasteiger partial charge in [0.15, 0.2) is 0 Å². The molecular formula is C14H22N2. The fourth-order valence-corrected chi connectivity index (χ4v) is 2.35. The zero-order chi connectivity index (χ0) is 11.4. The highest BCUT2D eigenvalue weighted by molar-refractivity contribution is 5.47. The van der Waals surface area contributed by atoms with E-state index in [0.717, 1.165) is 12.6 Å². The standard InChI is InChI=1S/C14H22N2/c1-12-5-3-7-14(11-12)16(2)10-8-13-6-4-9-15-13/h3,5,7,11,13,15H,4,6,8-10H2,1-2H3. The smallest absolute Gasteiger partial charge is 0.0366 e. The SMILES string of the molecule is Cc1cccc(N(C)CCC2CCCN2)c1. The summed E-state index contributed by atoms with van der Waals surface area (Å²) in [6.45, 7) is 4.50. The van der Waals surface area contributed by atoms with Crippen LogP contribution in [0.3, 0.4) is 0 Å². The first kappa shape index (κ1) is 11.5. The third-order valence-corrected chi connectivity index (χ3v) is 3.42. The van der Waals surface area contributed by atoms with E-state index in [4.69, 9.17) is 0 Å². The first-order valence-electron chi connectivity index (χ1n) is 6.27. The molecule has 1 aromatic rings. The predicted molar refractivity (Wildman–Crippen MR) is 70.1 cm³/mol. The molecule has 0 bridgehead atoms. The first-order valence-corrected chi connectivity index (χ1v) is 6.27. The van der Waals surface area contributed by atoms with Crippen molar-refractivity contribution in [2.24, 2.45) is 0 Å². The number of benzene rings is 1. The Kier molecular flexibility index (Phi) is 3.83. The van der Waals surface area contributed by atoms with Crippen LogP contribution >= 0.6 is 0 Å². The minimum absolute atomic E-state index is 0.743. The molecule has 1 N–H and O–H groups in total. The summed E-state index contributed by atoms with van der Waals surface area (Å²) in [4.78, 5) is 2.35. The Labute approximate surface area is 98.7 Å². The molecule has 0 aromatic heterocycles. The van der Waals surface area contributed by atoms with Crippen LogP contribution in [0.4, 0.5) is 5.69 Å². The van der Waals surface area contributed by atoms with Crippen molar-refractivity contribution in [2.45, 2.75) is 32.2 Å². The molecule has 1 atom stereocenters. The number of anilines is 1. The lowest BCUT2D eigenvalue weighted by Gasteiger charge is -2.21. The Bertz CT molecular complexity index is 329. The van der Waals surface area contributed by atoms with Gasteiger partial charge in [0.25, 0.3) is 0 Å². The molecule has 1 aromatic carbocycles. The number of aryl methyl sites for hydroxylation is 1. The molecular weight excluding hydrogens is 196 g/mol. The van der Waals surface area contributed by atoms with Crippen molar-refractivity contribution in [3.8, 4) is 0 Å². The number of hydrogen-bond donors (Lipinski definition) is 1. The van der Waals surface area contributed by atoms with E-state index in [2.05, 4.69) is 48.5 Å². The second kappa shape index (κ2) is 5.35. The van der Waals surface area contributed by atoms with Crippen LogP contribution < -0.4 is 10.2 Å². The molecule has 1 heterocycles. The lowest BCUT2D eigenvalue weighted by molar-refractivity contribution is 0.559. The molecule has 2 rings (SSSR count). The molecule has 1 fully saturated rings. The van der Waals surface area contributed by atoms with Crippen LogP contribution in [0.5, 0.6) is 0 Å². The largest absolute Gasteiger partial charge is 0.375 e. The van der Waals surface area contributed by atoms with Crippen molar-refractivity contribution < 1.29 is 0 Å². The van der Waals surface area contributed by atoms with Crippen LogP contribution in [0.1, 0.15) is 24.8 Å². The number of nitrogens with zero attached hydrogens (tertiary/aromatic N) is 1. The van der Waals surface area contributed by atoms with Gasteiger partial charge in [-0.1, -0.05) is 12.1 Å². The summed E-state index contributed by atoms with van der Waals surface area (Å²) in [5.41, 5.74) is 2.67. The van der Waals surface area contributed by atoms with Crippen molar-refractivity contribution in [3.63, 3.8) is 0 Å². The zero-order valence-corrected chi connectivity index (χ0v) is 10.4. The molecule has 1 unspecified atom stereocenters. The molecule has 16 heavy (non-hydrogen) atoms. The van der Waals surface area contributed by atoms with Gasteiger partial charge in [-0.05, 0) is 50.4 Å². The van der Waals surface area contributed by atoms with Gasteiger partial charge in [0.2, 0.25) is 0 Å². The zero-order valence-electron chi connectivity index (χ0n) is 10.4. The Hall–Kier alpha value is -1.02. The monoisotopic (exact) mass is 218 g/mol. The highest BCUT2D eigenvalue weighted by atomic mass is 15.1. The first-order chi connectivity index (χ1) is 7.75. The molecule has 0 radical (unpaired) electrons. The average Bonchev–Trinajstić information content (AvgIpc) is 2.78. The van der Waals surface area contributed by atoms with Gasteiger partial charge in [-0.3, -0.25) is 0 Å². The van der Waals surface area contributed by atoms with Gasteiger partial charge in [-0.15, -0.1) is 0 Å². The second-order valence-electron chi connectivity index (χ2n) is 4.84. The van der Waals surface area contributed by atoms with E-state index in [0.29, 0.717) is 0 Å². The van der Waals surface area contributed by atoms with E-state index in [-0.39, 0.29) is 0 Å². The van der Waals surface area contributed by atoms with E-state index >= 15 is 0 Å². The minimum Gasteiger partial charge on any atom is -0.375 e. The molecule has 0 saturated carbocycles. The van der Waals surface area contributed by atoms with Gasteiger partial charge in [-0.2, -0.15) is 0 Å². The normalized spacial score (nSPS) is 20.0. The fraction of sp³-hybridized carbons (Fsp3) is 0.571. The second-order valence-corrected chi connectivity index (χ2v) is 4.84. The molecule has 1 aliphatic heterocycles. The summed E-state index contributed by atoms with van der Waals surface area (Å²) in [7, 11) is 2.18. The fourth-order valence-electron chi connectivity index (χ4n) is 2.35. The van der Waals surface area contributed by atoms with E-state index in [1.54, 1.807) is 0 Å². The third-order valence-electron chi connectivity index (χ3n) is 3.42. The molecule has 1 saturated heterocycles. The lowest BCUT2D eigenvalue weighted by Crippen LogP contribution is -2.28. The highest BCUT2D eigenvalue weighted by Crippen LogP contribution is 2.16. The summed E-state index contributed by atoms with van der Waals surface area (Å²) < 4.78 is 0. The molecule has 1 aliphatic rings. The summed E-state index contributed by atoms with van der Waals surface area (Å²) in [6.07, 6.45) is 3.95. The van der Waals surface area contributed by atoms with Crippen LogP contribution in [-0.4, -0.2) is 26.2 Å². The van der Waals surface area contributed by atoms with Crippen molar-refractivity contribution in [2.75, 3.05) is 25.0 Å². The van der Waals surface area contributed by atoms with E-state index in [1.165, 1.54) is 37.1 Å². The quantitative estimate of drug-likeness (QED) is 0.835. The van der Waals surface area contributed by atoms with Crippen molar-refractivity contribution in [1.29, 1.82) is 0 Å².